The number of para-hydroxylation sites is 2. The van der Waals surface area contributed by atoms with Gasteiger partial charge in [-0.3, -0.25) is 19.8 Å². The Labute approximate surface area is 206 Å². The molecule has 0 saturated heterocycles. The molecule has 1 aromatic heterocycles. The van der Waals surface area contributed by atoms with Gasteiger partial charge in [0, 0.05) is 23.4 Å². The molecule has 3 aromatic rings. The number of aromatic nitrogens is 1. The Balaban J connectivity index is 1.87. The lowest BCUT2D eigenvalue weighted by Gasteiger charge is -2.38. The first-order valence-electron chi connectivity index (χ1n) is 10.6. The number of hydrogen-bond donors (Lipinski definition) is 2. The fourth-order valence-electron chi connectivity index (χ4n) is 4.00. The lowest BCUT2D eigenvalue weighted by Crippen LogP contribution is -2.48. The molecular formula is C24H23N5O5S. The van der Waals surface area contributed by atoms with Gasteiger partial charge in [-0.1, -0.05) is 29.4 Å². The standard InChI is InChI=1S/C24H23N5O5S/c1-13-9-10-16(12-18(13)29(31)32)22-21(23(30)25-20-11-14(2)34-27-20)15(3)28(24(35)26-22)17-7-5-6-8-19(17)33-4/h5-12,22H,1-4H3,(H,26,35)(H,25,27,30)/t22-/m1/s1. The number of carbonyl (C=O) groups is 1. The number of hydrogen-bond acceptors (Lipinski definition) is 7. The SMILES string of the molecule is COc1ccccc1N1C(=S)N[C@H](c2ccc(C)c([N+](=O)[O-])c2)C(C(=O)Nc2cc(C)on2)=C1C. The van der Waals surface area contributed by atoms with Gasteiger partial charge in [0.05, 0.1) is 29.3 Å². The van der Waals surface area contributed by atoms with Crippen molar-refractivity contribution in [2.75, 3.05) is 17.3 Å². The van der Waals surface area contributed by atoms with Gasteiger partial charge in [0.1, 0.15) is 11.5 Å². The molecule has 2 N–H and O–H groups in total. The summed E-state index contributed by atoms with van der Waals surface area (Å²) >= 11 is 5.69. The molecule has 10 nitrogen and oxygen atoms in total. The van der Waals surface area contributed by atoms with E-state index in [1.54, 1.807) is 57.0 Å². The lowest BCUT2D eigenvalue weighted by atomic mass is 9.93. The number of aryl methyl sites for hydroxylation is 2. The van der Waals surface area contributed by atoms with E-state index >= 15 is 0 Å². The van der Waals surface area contributed by atoms with Gasteiger partial charge in [0.2, 0.25) is 0 Å². The number of ether oxygens (including phenoxy) is 1. The van der Waals surface area contributed by atoms with Gasteiger partial charge in [-0.25, -0.2) is 0 Å². The number of benzene rings is 2. The summed E-state index contributed by atoms with van der Waals surface area (Å²) in [5.74, 6) is 0.889. The molecule has 0 aliphatic carbocycles. The maximum atomic E-state index is 13.6. The Morgan fingerprint density at radius 2 is 1.97 bits per heavy atom. The third-order valence-corrected chi connectivity index (χ3v) is 5.99. The van der Waals surface area contributed by atoms with Crippen molar-refractivity contribution in [2.24, 2.45) is 0 Å². The smallest absolute Gasteiger partial charge is 0.272 e. The van der Waals surface area contributed by atoms with Crippen molar-refractivity contribution in [1.29, 1.82) is 0 Å². The number of thiocarbonyl (C=S) groups is 1. The number of nitro benzene ring substituents is 1. The molecule has 1 amide bonds. The maximum absolute atomic E-state index is 13.6. The summed E-state index contributed by atoms with van der Waals surface area (Å²) in [6.07, 6.45) is 0. The van der Waals surface area contributed by atoms with Crippen LogP contribution in [0.5, 0.6) is 5.75 Å². The number of nitrogens with one attached hydrogen (secondary N) is 2. The highest BCUT2D eigenvalue weighted by atomic mass is 32.1. The number of methoxy groups -OCH3 is 1. The second-order valence-electron chi connectivity index (χ2n) is 7.97. The summed E-state index contributed by atoms with van der Waals surface area (Å²) in [4.78, 5) is 26.4. The first-order chi connectivity index (χ1) is 16.7. The Morgan fingerprint density at radius 3 is 2.63 bits per heavy atom. The zero-order chi connectivity index (χ0) is 25.3. The van der Waals surface area contributed by atoms with Crippen LogP contribution >= 0.6 is 12.2 Å². The van der Waals surface area contributed by atoms with E-state index in [9.17, 15) is 14.9 Å². The average molecular weight is 494 g/mol. The summed E-state index contributed by atoms with van der Waals surface area (Å²) in [7, 11) is 1.55. The van der Waals surface area contributed by atoms with Crippen LogP contribution in [-0.2, 0) is 4.79 Å². The average Bonchev–Trinajstić information content (AvgIpc) is 3.23. The van der Waals surface area contributed by atoms with E-state index in [2.05, 4.69) is 15.8 Å². The molecule has 0 radical (unpaired) electrons. The Morgan fingerprint density at radius 1 is 1.23 bits per heavy atom. The zero-order valence-electron chi connectivity index (χ0n) is 19.5. The van der Waals surface area contributed by atoms with E-state index in [4.69, 9.17) is 21.5 Å². The first-order valence-corrected chi connectivity index (χ1v) is 11.1. The Hall–Kier alpha value is -4.25. The summed E-state index contributed by atoms with van der Waals surface area (Å²) in [6.45, 7) is 5.13. The van der Waals surface area contributed by atoms with Crippen LogP contribution in [0.4, 0.5) is 17.2 Å². The number of allylic oxidation sites excluding steroid dienone is 1. The van der Waals surface area contributed by atoms with Crippen LogP contribution in [0.2, 0.25) is 0 Å². The van der Waals surface area contributed by atoms with E-state index in [0.717, 1.165) is 0 Å². The quantitative estimate of drug-likeness (QED) is 0.289. The van der Waals surface area contributed by atoms with Gasteiger partial charge < -0.3 is 19.9 Å². The summed E-state index contributed by atoms with van der Waals surface area (Å²) in [6, 6.07) is 13.0. The van der Waals surface area contributed by atoms with Crippen molar-refractivity contribution < 1.29 is 19.0 Å². The highest BCUT2D eigenvalue weighted by Crippen LogP contribution is 2.38. The maximum Gasteiger partial charge on any atom is 0.272 e. The second-order valence-corrected chi connectivity index (χ2v) is 8.36. The van der Waals surface area contributed by atoms with E-state index < -0.39 is 16.9 Å². The van der Waals surface area contributed by atoms with Crippen molar-refractivity contribution in [1.82, 2.24) is 10.5 Å². The number of nitro groups is 1. The van der Waals surface area contributed by atoms with Gasteiger partial charge >= 0.3 is 0 Å². The van der Waals surface area contributed by atoms with Gasteiger partial charge in [-0.05, 0) is 50.7 Å². The molecule has 1 aliphatic rings. The number of nitrogens with zero attached hydrogens (tertiary/aromatic N) is 3. The first kappa shape index (κ1) is 23.9. The predicted octanol–water partition coefficient (Wildman–Crippen LogP) is 4.56. The number of amides is 1. The van der Waals surface area contributed by atoms with Crippen LogP contribution in [0.3, 0.4) is 0 Å². The molecule has 11 heteroatoms. The monoisotopic (exact) mass is 493 g/mol. The molecule has 2 aromatic carbocycles. The van der Waals surface area contributed by atoms with Crippen molar-refractivity contribution in [3.05, 3.63) is 86.8 Å². The topological polar surface area (TPSA) is 123 Å². The minimum absolute atomic E-state index is 0.0492. The van der Waals surface area contributed by atoms with Gasteiger partial charge in [0.15, 0.2) is 10.9 Å². The van der Waals surface area contributed by atoms with Crippen LogP contribution in [0, 0.1) is 24.0 Å². The highest BCUT2D eigenvalue weighted by Gasteiger charge is 2.36. The Kier molecular flexibility index (Phi) is 6.52. The van der Waals surface area contributed by atoms with Crippen molar-refractivity contribution in [3.8, 4) is 5.75 Å². The third kappa shape index (κ3) is 4.58. The van der Waals surface area contributed by atoms with Crippen molar-refractivity contribution in [2.45, 2.75) is 26.8 Å². The molecule has 35 heavy (non-hydrogen) atoms. The molecule has 180 valence electrons. The van der Waals surface area contributed by atoms with E-state index in [-0.39, 0.29) is 11.5 Å². The van der Waals surface area contributed by atoms with Crippen LogP contribution in [0.25, 0.3) is 0 Å². The molecule has 2 heterocycles. The number of rotatable bonds is 6. The lowest BCUT2D eigenvalue weighted by molar-refractivity contribution is -0.385. The van der Waals surface area contributed by atoms with E-state index in [1.165, 1.54) is 6.07 Å². The van der Waals surface area contributed by atoms with Gasteiger partial charge in [-0.15, -0.1) is 0 Å². The van der Waals surface area contributed by atoms with Crippen LogP contribution in [0.1, 0.15) is 29.9 Å². The van der Waals surface area contributed by atoms with Crippen LogP contribution < -0.4 is 20.3 Å². The molecular weight excluding hydrogens is 470 g/mol. The van der Waals surface area contributed by atoms with E-state index in [0.29, 0.717) is 44.7 Å². The fraction of sp³-hybridized carbons (Fsp3) is 0.208. The summed E-state index contributed by atoms with van der Waals surface area (Å²) in [5.41, 5.74) is 2.46. The van der Waals surface area contributed by atoms with Crippen molar-refractivity contribution in [3.63, 3.8) is 0 Å². The largest absolute Gasteiger partial charge is 0.495 e. The fourth-order valence-corrected chi connectivity index (χ4v) is 4.36. The molecule has 0 bridgehead atoms. The summed E-state index contributed by atoms with van der Waals surface area (Å²) in [5, 5.41) is 21.7. The minimum Gasteiger partial charge on any atom is -0.495 e. The van der Waals surface area contributed by atoms with Crippen molar-refractivity contribution >= 4 is 40.4 Å². The number of anilines is 2. The zero-order valence-corrected chi connectivity index (χ0v) is 20.3. The molecule has 0 spiro atoms. The highest BCUT2D eigenvalue weighted by molar-refractivity contribution is 7.80. The third-order valence-electron chi connectivity index (χ3n) is 5.69. The van der Waals surface area contributed by atoms with E-state index in [1.807, 2.05) is 18.2 Å². The molecule has 4 rings (SSSR count). The second kappa shape index (κ2) is 9.55. The van der Waals surface area contributed by atoms with Gasteiger partial charge in [-0.2, -0.15) is 0 Å². The summed E-state index contributed by atoms with van der Waals surface area (Å²) < 4.78 is 10.6. The molecule has 0 fully saturated rings. The van der Waals surface area contributed by atoms with Crippen LogP contribution in [-0.4, -0.2) is 28.2 Å². The molecule has 0 saturated carbocycles. The molecule has 0 unspecified atom stereocenters. The normalized spacial score (nSPS) is 15.6. The minimum atomic E-state index is -0.749. The van der Waals surface area contributed by atoms with Crippen LogP contribution in [0.15, 0.2) is 64.3 Å². The predicted molar refractivity (Wildman–Crippen MR) is 134 cm³/mol. The number of carbonyl (C=O) groups excluding carboxylic acids is 1. The Bertz CT molecular complexity index is 1370. The van der Waals surface area contributed by atoms with Gasteiger partial charge in [0.25, 0.3) is 11.6 Å². The molecule has 1 atom stereocenters. The molecule has 1 aliphatic heterocycles.